The number of benzene rings is 1. The van der Waals surface area contributed by atoms with Crippen molar-refractivity contribution in [2.24, 2.45) is 5.73 Å². The summed E-state index contributed by atoms with van der Waals surface area (Å²) in [6.45, 7) is -0.0356. The fourth-order valence-corrected chi connectivity index (χ4v) is 1.79. The van der Waals surface area contributed by atoms with Gasteiger partial charge in [0.2, 0.25) is 0 Å². The quantitative estimate of drug-likeness (QED) is 0.846. The number of Topliss-reactive ketones (excluding diaryl/α,β-unsaturated/α-hetero) is 1. The minimum atomic E-state index is -0.358. The molecule has 0 atom stereocenters. The van der Waals surface area contributed by atoms with Crippen LogP contribution in [0.15, 0.2) is 45.5 Å². The van der Waals surface area contributed by atoms with Crippen LogP contribution in [0.3, 0.4) is 0 Å². The van der Waals surface area contributed by atoms with Crippen LogP contribution in [-0.4, -0.2) is 18.2 Å². The highest BCUT2D eigenvalue weighted by Crippen LogP contribution is 2.16. The average molecular weight is 323 g/mol. The Balaban J connectivity index is 2.07. The van der Waals surface area contributed by atoms with Crippen molar-refractivity contribution in [2.45, 2.75) is 0 Å². The number of hydrogen-bond acceptors (Lipinski definition) is 4. The zero-order valence-electron chi connectivity index (χ0n) is 9.85. The molecule has 98 valence electrons. The van der Waals surface area contributed by atoms with Crippen LogP contribution in [0.4, 0.5) is 5.69 Å². The van der Waals surface area contributed by atoms with Crippen molar-refractivity contribution >= 4 is 33.3 Å². The SMILES string of the molecule is NCC(=O)c1ccc(NC(=O)c2ccc(Br)o2)cc1. The van der Waals surface area contributed by atoms with Gasteiger partial charge >= 0.3 is 0 Å². The van der Waals surface area contributed by atoms with Gasteiger partial charge in [0.05, 0.1) is 6.54 Å². The van der Waals surface area contributed by atoms with E-state index >= 15 is 0 Å². The van der Waals surface area contributed by atoms with Crippen molar-refractivity contribution in [1.29, 1.82) is 0 Å². The number of ketones is 1. The lowest BCUT2D eigenvalue weighted by Gasteiger charge is -2.04. The van der Waals surface area contributed by atoms with E-state index in [2.05, 4.69) is 21.2 Å². The van der Waals surface area contributed by atoms with E-state index in [4.69, 9.17) is 10.2 Å². The van der Waals surface area contributed by atoms with Crippen molar-refractivity contribution in [2.75, 3.05) is 11.9 Å². The fourth-order valence-electron chi connectivity index (χ4n) is 1.49. The highest BCUT2D eigenvalue weighted by Gasteiger charge is 2.11. The lowest BCUT2D eigenvalue weighted by molar-refractivity contribution is 0.0991. The molecule has 0 spiro atoms. The zero-order valence-corrected chi connectivity index (χ0v) is 11.4. The van der Waals surface area contributed by atoms with Crippen LogP contribution in [-0.2, 0) is 0 Å². The summed E-state index contributed by atoms with van der Waals surface area (Å²) >= 11 is 3.12. The maximum absolute atomic E-state index is 11.8. The van der Waals surface area contributed by atoms with Gasteiger partial charge in [-0.3, -0.25) is 9.59 Å². The number of carbonyl (C=O) groups excluding carboxylic acids is 2. The summed E-state index contributed by atoms with van der Waals surface area (Å²) in [5.41, 5.74) is 6.36. The molecule has 3 N–H and O–H groups in total. The number of anilines is 1. The minimum absolute atomic E-state index is 0.0356. The van der Waals surface area contributed by atoms with E-state index in [1.54, 1.807) is 36.4 Å². The molecule has 0 bridgehead atoms. The molecule has 1 aromatic carbocycles. The Hall–Kier alpha value is -1.92. The van der Waals surface area contributed by atoms with E-state index in [-0.39, 0.29) is 24.0 Å². The number of hydrogen-bond donors (Lipinski definition) is 2. The van der Waals surface area contributed by atoms with Crippen LogP contribution >= 0.6 is 15.9 Å². The van der Waals surface area contributed by atoms with Crippen LogP contribution in [0.5, 0.6) is 0 Å². The summed E-state index contributed by atoms with van der Waals surface area (Å²) in [5.74, 6) is -0.301. The number of amides is 1. The summed E-state index contributed by atoms with van der Waals surface area (Å²) < 4.78 is 5.62. The van der Waals surface area contributed by atoms with Crippen LogP contribution in [0.25, 0.3) is 0 Å². The molecule has 19 heavy (non-hydrogen) atoms. The second kappa shape index (κ2) is 5.81. The summed E-state index contributed by atoms with van der Waals surface area (Å²) in [6.07, 6.45) is 0. The fraction of sp³-hybridized carbons (Fsp3) is 0.0769. The Kier molecular flexibility index (Phi) is 4.13. The lowest BCUT2D eigenvalue weighted by atomic mass is 10.1. The summed E-state index contributed by atoms with van der Waals surface area (Å²) in [4.78, 5) is 23.1. The predicted octanol–water partition coefficient (Wildman–Crippen LogP) is 2.44. The molecule has 1 heterocycles. The molecular formula is C13H11BrN2O3. The number of rotatable bonds is 4. The van der Waals surface area contributed by atoms with Gasteiger partial charge < -0.3 is 15.5 Å². The van der Waals surface area contributed by atoms with Gasteiger partial charge in [0.15, 0.2) is 16.2 Å². The Morgan fingerprint density at radius 1 is 1.16 bits per heavy atom. The van der Waals surface area contributed by atoms with Gasteiger partial charge in [0.25, 0.3) is 5.91 Å². The Morgan fingerprint density at radius 3 is 2.37 bits per heavy atom. The number of furan rings is 1. The van der Waals surface area contributed by atoms with Crippen LogP contribution in [0.2, 0.25) is 0 Å². The van der Waals surface area contributed by atoms with E-state index in [1.165, 1.54) is 0 Å². The molecule has 5 nitrogen and oxygen atoms in total. The first-order valence-electron chi connectivity index (χ1n) is 5.50. The number of nitrogens with two attached hydrogens (primary N) is 1. The third kappa shape index (κ3) is 3.30. The van der Waals surface area contributed by atoms with Gasteiger partial charge in [0.1, 0.15) is 0 Å². The first-order chi connectivity index (χ1) is 9.10. The summed E-state index contributed by atoms with van der Waals surface area (Å²) in [5, 5.41) is 2.66. The van der Waals surface area contributed by atoms with E-state index in [1.807, 2.05) is 0 Å². The minimum Gasteiger partial charge on any atom is -0.444 e. The molecule has 0 radical (unpaired) electrons. The smallest absolute Gasteiger partial charge is 0.291 e. The molecule has 1 aromatic heterocycles. The summed E-state index contributed by atoms with van der Waals surface area (Å²) in [6, 6.07) is 9.70. The average Bonchev–Trinajstić information content (AvgIpc) is 2.85. The van der Waals surface area contributed by atoms with E-state index in [0.29, 0.717) is 15.9 Å². The first-order valence-corrected chi connectivity index (χ1v) is 6.29. The van der Waals surface area contributed by atoms with Gasteiger partial charge in [-0.1, -0.05) is 0 Å². The van der Waals surface area contributed by atoms with Gasteiger partial charge in [-0.15, -0.1) is 0 Å². The molecular weight excluding hydrogens is 312 g/mol. The third-order valence-electron chi connectivity index (χ3n) is 2.45. The van der Waals surface area contributed by atoms with Crippen molar-refractivity contribution < 1.29 is 14.0 Å². The second-order valence-corrected chi connectivity index (χ2v) is 4.54. The Bertz CT molecular complexity index is 605. The number of carbonyl (C=O) groups is 2. The topological polar surface area (TPSA) is 85.3 Å². The van der Waals surface area contributed by atoms with Crippen molar-refractivity contribution in [3.05, 3.63) is 52.4 Å². The highest BCUT2D eigenvalue weighted by atomic mass is 79.9. The Labute approximate surface area is 117 Å². The zero-order chi connectivity index (χ0) is 13.8. The van der Waals surface area contributed by atoms with Gasteiger partial charge in [-0.05, 0) is 52.3 Å². The van der Waals surface area contributed by atoms with Crippen LogP contribution < -0.4 is 11.1 Å². The molecule has 0 aliphatic carbocycles. The van der Waals surface area contributed by atoms with Crippen molar-refractivity contribution in [3.8, 4) is 0 Å². The molecule has 6 heteroatoms. The van der Waals surface area contributed by atoms with Gasteiger partial charge in [-0.25, -0.2) is 0 Å². The van der Waals surface area contributed by atoms with Crippen LogP contribution in [0.1, 0.15) is 20.9 Å². The molecule has 0 saturated carbocycles. The predicted molar refractivity (Wildman–Crippen MR) is 74.2 cm³/mol. The van der Waals surface area contributed by atoms with Gasteiger partial charge in [0, 0.05) is 11.3 Å². The van der Waals surface area contributed by atoms with E-state index in [0.717, 1.165) is 0 Å². The van der Waals surface area contributed by atoms with E-state index in [9.17, 15) is 9.59 Å². The molecule has 0 fully saturated rings. The lowest BCUT2D eigenvalue weighted by Crippen LogP contribution is -2.14. The molecule has 2 rings (SSSR count). The number of halogens is 1. The highest BCUT2D eigenvalue weighted by molar-refractivity contribution is 9.10. The largest absolute Gasteiger partial charge is 0.444 e. The molecule has 1 amide bonds. The molecule has 0 unspecified atom stereocenters. The van der Waals surface area contributed by atoms with E-state index < -0.39 is 0 Å². The van der Waals surface area contributed by atoms with Gasteiger partial charge in [-0.2, -0.15) is 0 Å². The molecule has 2 aromatic rings. The van der Waals surface area contributed by atoms with Crippen LogP contribution in [0, 0.1) is 0 Å². The van der Waals surface area contributed by atoms with Crippen molar-refractivity contribution in [3.63, 3.8) is 0 Å². The standard InChI is InChI=1S/C13H11BrN2O3/c14-12-6-5-11(19-12)13(18)16-9-3-1-8(2-4-9)10(17)7-15/h1-6H,7,15H2,(H,16,18). The molecule has 0 aliphatic heterocycles. The maximum atomic E-state index is 11.8. The maximum Gasteiger partial charge on any atom is 0.291 e. The summed E-state index contributed by atoms with van der Waals surface area (Å²) in [7, 11) is 0. The Morgan fingerprint density at radius 2 is 1.84 bits per heavy atom. The number of nitrogens with one attached hydrogen (secondary N) is 1. The molecule has 0 aliphatic rings. The third-order valence-corrected chi connectivity index (χ3v) is 2.87. The normalized spacial score (nSPS) is 10.2. The first kappa shape index (κ1) is 13.5. The monoisotopic (exact) mass is 322 g/mol. The molecule has 0 saturated heterocycles. The van der Waals surface area contributed by atoms with Crippen molar-refractivity contribution in [1.82, 2.24) is 0 Å². The second-order valence-electron chi connectivity index (χ2n) is 3.76.